The van der Waals surface area contributed by atoms with Gasteiger partial charge in [-0.05, 0) is 43.7 Å². The third-order valence-electron chi connectivity index (χ3n) is 4.12. The van der Waals surface area contributed by atoms with Gasteiger partial charge in [-0.15, -0.1) is 0 Å². The highest BCUT2D eigenvalue weighted by Crippen LogP contribution is 2.28. The number of aryl methyl sites for hydroxylation is 2. The summed E-state index contributed by atoms with van der Waals surface area (Å²) < 4.78 is 0. The number of hydrogen-bond donors (Lipinski definition) is 1. The molecule has 0 aromatic carbocycles. The molecule has 1 aliphatic rings. The van der Waals surface area contributed by atoms with Crippen LogP contribution in [0.25, 0.3) is 0 Å². The number of fused-ring (bicyclic) bond motifs is 1. The summed E-state index contributed by atoms with van der Waals surface area (Å²) in [5.74, 6) is -0.171. The summed E-state index contributed by atoms with van der Waals surface area (Å²) in [4.78, 5) is 18.5. The number of aromatic carboxylic acids is 1. The number of pyridine rings is 1. The lowest BCUT2D eigenvalue weighted by Crippen LogP contribution is -2.29. The summed E-state index contributed by atoms with van der Waals surface area (Å²) in [6.45, 7) is 6.10. The molecule has 1 N–H and O–H groups in total. The smallest absolute Gasteiger partial charge is 0.339 e. The minimum atomic E-state index is -0.856. The van der Waals surface area contributed by atoms with Crippen molar-refractivity contribution in [2.45, 2.75) is 58.8 Å². The molecule has 0 saturated carbocycles. The van der Waals surface area contributed by atoms with Gasteiger partial charge in [-0.1, -0.05) is 26.7 Å². The second kappa shape index (κ2) is 7.43. The molecule has 0 radical (unpaired) electrons. The third-order valence-corrected chi connectivity index (χ3v) is 4.12. The molecule has 0 aliphatic heterocycles. The van der Waals surface area contributed by atoms with E-state index in [-0.39, 0.29) is 0 Å². The number of anilines is 1. The Hall–Kier alpha value is -1.58. The Morgan fingerprint density at radius 3 is 2.48 bits per heavy atom. The van der Waals surface area contributed by atoms with Crippen LogP contribution in [-0.2, 0) is 12.8 Å². The van der Waals surface area contributed by atoms with Crippen LogP contribution in [-0.4, -0.2) is 29.1 Å². The van der Waals surface area contributed by atoms with Gasteiger partial charge in [0.15, 0.2) is 0 Å². The van der Waals surface area contributed by atoms with E-state index >= 15 is 0 Å². The quantitative estimate of drug-likeness (QED) is 0.793. The standard InChI is InChI=1S/C17H26N2O2/c1-3-5-10-19(11-6-4-2)16-14(17(20)21)12-13-8-7-9-15(13)18-16/h12H,3-11H2,1-2H3,(H,20,21). The van der Waals surface area contributed by atoms with E-state index in [1.54, 1.807) is 0 Å². The highest BCUT2D eigenvalue weighted by atomic mass is 16.4. The van der Waals surface area contributed by atoms with Crippen molar-refractivity contribution in [2.75, 3.05) is 18.0 Å². The van der Waals surface area contributed by atoms with Crippen LogP contribution in [0.2, 0.25) is 0 Å². The highest BCUT2D eigenvalue weighted by Gasteiger charge is 2.23. The first-order valence-electron chi connectivity index (χ1n) is 8.18. The topological polar surface area (TPSA) is 53.4 Å². The summed E-state index contributed by atoms with van der Waals surface area (Å²) in [5.41, 5.74) is 2.61. The number of aromatic nitrogens is 1. The van der Waals surface area contributed by atoms with Crippen molar-refractivity contribution in [3.8, 4) is 0 Å². The van der Waals surface area contributed by atoms with E-state index in [4.69, 9.17) is 4.98 Å². The van der Waals surface area contributed by atoms with Gasteiger partial charge < -0.3 is 10.0 Å². The monoisotopic (exact) mass is 290 g/mol. The zero-order valence-electron chi connectivity index (χ0n) is 13.2. The SMILES string of the molecule is CCCCN(CCCC)c1nc2c(cc1C(=O)O)CCC2. The largest absolute Gasteiger partial charge is 0.478 e. The molecule has 1 aromatic heterocycles. The van der Waals surface area contributed by atoms with Crippen LogP contribution in [0, 0.1) is 0 Å². The molecule has 0 unspecified atom stereocenters. The van der Waals surface area contributed by atoms with Crippen molar-refractivity contribution in [1.29, 1.82) is 0 Å². The molecule has 4 heteroatoms. The maximum absolute atomic E-state index is 11.6. The van der Waals surface area contributed by atoms with Gasteiger partial charge >= 0.3 is 5.97 Å². The van der Waals surface area contributed by atoms with Crippen LogP contribution in [0.5, 0.6) is 0 Å². The van der Waals surface area contributed by atoms with Gasteiger partial charge in [-0.2, -0.15) is 0 Å². The normalized spacial score (nSPS) is 13.2. The number of carboxylic acids is 1. The number of nitrogens with zero attached hydrogens (tertiary/aromatic N) is 2. The van der Waals surface area contributed by atoms with Crippen LogP contribution in [0.15, 0.2) is 6.07 Å². The molecule has 0 bridgehead atoms. The molecule has 0 spiro atoms. The Morgan fingerprint density at radius 2 is 1.90 bits per heavy atom. The predicted molar refractivity (Wildman–Crippen MR) is 85.3 cm³/mol. The third kappa shape index (κ3) is 3.74. The Morgan fingerprint density at radius 1 is 1.24 bits per heavy atom. The van der Waals surface area contributed by atoms with Crippen molar-refractivity contribution in [2.24, 2.45) is 0 Å². The fraction of sp³-hybridized carbons (Fsp3) is 0.647. The Labute approximate surface area is 127 Å². The first kappa shape index (κ1) is 15.8. The zero-order chi connectivity index (χ0) is 15.2. The molecular weight excluding hydrogens is 264 g/mol. The molecule has 0 amide bonds. The number of rotatable bonds is 8. The van der Waals surface area contributed by atoms with Crippen LogP contribution < -0.4 is 4.90 Å². The van der Waals surface area contributed by atoms with Crippen LogP contribution in [0.1, 0.15) is 67.6 Å². The number of unbranched alkanes of at least 4 members (excludes halogenated alkanes) is 2. The van der Waals surface area contributed by atoms with Crippen LogP contribution >= 0.6 is 0 Å². The molecule has 4 nitrogen and oxygen atoms in total. The molecule has 0 saturated heterocycles. The lowest BCUT2D eigenvalue weighted by atomic mass is 10.1. The van der Waals surface area contributed by atoms with E-state index in [1.807, 2.05) is 6.07 Å². The second-order valence-corrected chi connectivity index (χ2v) is 5.82. The molecule has 0 atom stereocenters. The van der Waals surface area contributed by atoms with Gasteiger partial charge in [-0.3, -0.25) is 0 Å². The summed E-state index contributed by atoms with van der Waals surface area (Å²) in [7, 11) is 0. The van der Waals surface area contributed by atoms with Crippen molar-refractivity contribution < 1.29 is 9.90 Å². The summed E-state index contributed by atoms with van der Waals surface area (Å²) in [5, 5.41) is 9.53. The molecule has 116 valence electrons. The zero-order valence-corrected chi connectivity index (χ0v) is 13.2. The molecule has 2 rings (SSSR count). The number of carbonyl (C=O) groups is 1. The van der Waals surface area contributed by atoms with Crippen molar-refractivity contribution >= 4 is 11.8 Å². The molecule has 1 aromatic rings. The summed E-state index contributed by atoms with van der Waals surface area (Å²) in [6.07, 6.45) is 7.40. The van der Waals surface area contributed by atoms with Gasteiger partial charge in [0.05, 0.1) is 0 Å². The fourth-order valence-electron chi connectivity index (χ4n) is 2.88. The minimum absolute atomic E-state index is 0.378. The average molecular weight is 290 g/mol. The second-order valence-electron chi connectivity index (χ2n) is 5.82. The lowest BCUT2D eigenvalue weighted by Gasteiger charge is -2.25. The minimum Gasteiger partial charge on any atom is -0.478 e. The van der Waals surface area contributed by atoms with Crippen molar-refractivity contribution in [3.05, 3.63) is 22.9 Å². The summed E-state index contributed by atoms with van der Waals surface area (Å²) in [6, 6.07) is 1.86. The lowest BCUT2D eigenvalue weighted by molar-refractivity contribution is 0.0697. The highest BCUT2D eigenvalue weighted by molar-refractivity contribution is 5.93. The van der Waals surface area contributed by atoms with E-state index < -0.39 is 5.97 Å². The van der Waals surface area contributed by atoms with Crippen molar-refractivity contribution in [1.82, 2.24) is 4.98 Å². The number of carboxylic acid groups (broad SMARTS) is 1. The molecule has 1 aliphatic carbocycles. The van der Waals surface area contributed by atoms with E-state index in [1.165, 1.54) is 0 Å². The first-order chi connectivity index (χ1) is 10.2. The van der Waals surface area contributed by atoms with Crippen LogP contribution in [0.4, 0.5) is 5.82 Å². The summed E-state index contributed by atoms with van der Waals surface area (Å²) >= 11 is 0. The van der Waals surface area contributed by atoms with E-state index in [9.17, 15) is 9.90 Å². The van der Waals surface area contributed by atoms with Gasteiger partial charge in [0, 0.05) is 18.8 Å². The van der Waals surface area contributed by atoms with Gasteiger partial charge in [0.2, 0.25) is 0 Å². The van der Waals surface area contributed by atoms with Gasteiger partial charge in [0.25, 0.3) is 0 Å². The van der Waals surface area contributed by atoms with Crippen molar-refractivity contribution in [3.63, 3.8) is 0 Å². The average Bonchev–Trinajstić information content (AvgIpc) is 2.93. The van der Waals surface area contributed by atoms with E-state index in [0.717, 1.165) is 69.3 Å². The maximum Gasteiger partial charge on any atom is 0.339 e. The molecule has 0 fully saturated rings. The fourth-order valence-corrected chi connectivity index (χ4v) is 2.88. The van der Waals surface area contributed by atoms with E-state index in [0.29, 0.717) is 11.4 Å². The predicted octanol–water partition coefficient (Wildman–Crippen LogP) is 3.68. The maximum atomic E-state index is 11.6. The number of hydrogen-bond acceptors (Lipinski definition) is 3. The van der Waals surface area contributed by atoms with Gasteiger partial charge in [0.1, 0.15) is 11.4 Å². The van der Waals surface area contributed by atoms with Crippen LogP contribution in [0.3, 0.4) is 0 Å². The van der Waals surface area contributed by atoms with E-state index in [2.05, 4.69) is 18.7 Å². The first-order valence-corrected chi connectivity index (χ1v) is 8.18. The Kier molecular flexibility index (Phi) is 5.59. The molecular formula is C17H26N2O2. The Balaban J connectivity index is 2.34. The Bertz CT molecular complexity index is 492. The molecule has 21 heavy (non-hydrogen) atoms. The molecule has 1 heterocycles. The van der Waals surface area contributed by atoms with Gasteiger partial charge in [-0.25, -0.2) is 9.78 Å².